The maximum absolute atomic E-state index is 5.08. The molecule has 0 aliphatic rings. The number of nitrogens with one attached hydrogen (secondary N) is 1. The summed E-state index contributed by atoms with van der Waals surface area (Å²) in [6.45, 7) is 2.08. The van der Waals surface area contributed by atoms with Gasteiger partial charge >= 0.3 is 0 Å². The summed E-state index contributed by atoms with van der Waals surface area (Å²) < 4.78 is 5.08. The van der Waals surface area contributed by atoms with Crippen LogP contribution in [0.1, 0.15) is 12.5 Å². The third kappa shape index (κ3) is 5.02. The van der Waals surface area contributed by atoms with Crippen molar-refractivity contribution in [3.05, 3.63) is 29.8 Å². The Morgan fingerprint density at radius 3 is 2.27 bits per heavy atom. The normalized spacial score (nSPS) is 11.7. The van der Waals surface area contributed by atoms with Gasteiger partial charge in [0.05, 0.1) is 14.2 Å². The van der Waals surface area contributed by atoms with Crippen LogP contribution in [0.15, 0.2) is 24.3 Å². The molecule has 1 aromatic carbocycles. The van der Waals surface area contributed by atoms with Crippen LogP contribution in [0.5, 0.6) is 5.75 Å². The Morgan fingerprint density at radius 1 is 1.20 bits per heavy atom. The smallest absolute Gasteiger partial charge is 0.118 e. The molecule has 0 spiro atoms. The molecular weight excluding hydrogens is 214 g/mol. The summed E-state index contributed by atoms with van der Waals surface area (Å²) in [6, 6.07) is 8.37. The maximum Gasteiger partial charge on any atom is 0.118 e. The van der Waals surface area contributed by atoms with Crippen LogP contribution >= 0.6 is 12.4 Å². The molecule has 1 N–H and O–H groups in total. The molecule has 1 unspecified atom stereocenters. The van der Waals surface area contributed by atoms with Crippen molar-refractivity contribution in [3.8, 4) is 5.75 Å². The maximum atomic E-state index is 5.08. The van der Waals surface area contributed by atoms with Crippen LogP contribution in [0.3, 0.4) is 0 Å². The van der Waals surface area contributed by atoms with Crippen LogP contribution < -0.4 is 10.2 Å². The SMILES string of the molecule is CONC(C)Cc1ccc(OC)cc1.Cl. The van der Waals surface area contributed by atoms with E-state index in [2.05, 4.69) is 24.5 Å². The highest BCUT2D eigenvalue weighted by Crippen LogP contribution is 2.12. The van der Waals surface area contributed by atoms with Gasteiger partial charge in [0.25, 0.3) is 0 Å². The van der Waals surface area contributed by atoms with E-state index in [1.165, 1.54) is 5.56 Å². The van der Waals surface area contributed by atoms with Crippen molar-refractivity contribution in [1.82, 2.24) is 5.48 Å². The summed E-state index contributed by atoms with van der Waals surface area (Å²) in [7, 11) is 3.30. The van der Waals surface area contributed by atoms with E-state index in [0.717, 1.165) is 12.2 Å². The highest BCUT2D eigenvalue weighted by atomic mass is 35.5. The number of benzene rings is 1. The lowest BCUT2D eigenvalue weighted by Gasteiger charge is -2.11. The van der Waals surface area contributed by atoms with E-state index in [1.807, 2.05) is 12.1 Å². The highest BCUT2D eigenvalue weighted by molar-refractivity contribution is 5.85. The first kappa shape index (κ1) is 14.2. The van der Waals surface area contributed by atoms with Gasteiger partial charge in [-0.3, -0.25) is 0 Å². The molecule has 1 atom stereocenters. The minimum Gasteiger partial charge on any atom is -0.497 e. The Labute approximate surface area is 97.1 Å². The van der Waals surface area contributed by atoms with Crippen LogP contribution in [0.2, 0.25) is 0 Å². The van der Waals surface area contributed by atoms with Crippen molar-refractivity contribution in [2.24, 2.45) is 0 Å². The van der Waals surface area contributed by atoms with Crippen molar-refractivity contribution >= 4 is 12.4 Å². The second kappa shape index (κ2) is 7.51. The number of ether oxygens (including phenoxy) is 1. The largest absolute Gasteiger partial charge is 0.497 e. The number of methoxy groups -OCH3 is 1. The lowest BCUT2D eigenvalue weighted by Crippen LogP contribution is -2.26. The van der Waals surface area contributed by atoms with Gasteiger partial charge in [-0.25, -0.2) is 0 Å². The number of hydrogen-bond acceptors (Lipinski definition) is 3. The van der Waals surface area contributed by atoms with E-state index in [-0.39, 0.29) is 12.4 Å². The monoisotopic (exact) mass is 231 g/mol. The molecule has 1 aromatic rings. The number of hydroxylamine groups is 1. The first-order valence-electron chi connectivity index (χ1n) is 4.67. The molecular formula is C11H18ClNO2. The fourth-order valence-corrected chi connectivity index (χ4v) is 1.36. The van der Waals surface area contributed by atoms with E-state index in [0.29, 0.717) is 6.04 Å². The summed E-state index contributed by atoms with van der Waals surface area (Å²) in [6.07, 6.45) is 0.942. The molecule has 3 nitrogen and oxygen atoms in total. The highest BCUT2D eigenvalue weighted by Gasteiger charge is 2.02. The molecule has 0 radical (unpaired) electrons. The van der Waals surface area contributed by atoms with Crippen LogP contribution in [-0.4, -0.2) is 20.3 Å². The summed E-state index contributed by atoms with van der Waals surface area (Å²) in [5, 5.41) is 0. The Morgan fingerprint density at radius 2 is 1.80 bits per heavy atom. The number of halogens is 1. The fraction of sp³-hybridized carbons (Fsp3) is 0.455. The molecule has 0 heterocycles. The zero-order valence-electron chi connectivity index (χ0n) is 9.32. The van der Waals surface area contributed by atoms with Gasteiger partial charge in [0.15, 0.2) is 0 Å². The zero-order chi connectivity index (χ0) is 10.4. The molecule has 4 heteroatoms. The lowest BCUT2D eigenvalue weighted by atomic mass is 10.1. The first-order chi connectivity index (χ1) is 6.76. The Balaban J connectivity index is 0.00000196. The Bertz CT molecular complexity index is 264. The van der Waals surface area contributed by atoms with Crippen LogP contribution in [0.4, 0.5) is 0 Å². The topological polar surface area (TPSA) is 30.5 Å². The van der Waals surface area contributed by atoms with Gasteiger partial charge in [0, 0.05) is 6.04 Å². The molecule has 0 amide bonds. The van der Waals surface area contributed by atoms with Crippen molar-refractivity contribution in [2.45, 2.75) is 19.4 Å². The van der Waals surface area contributed by atoms with Gasteiger partial charge in [0.2, 0.25) is 0 Å². The molecule has 15 heavy (non-hydrogen) atoms. The number of hydrogen-bond donors (Lipinski definition) is 1. The Kier molecular flexibility index (Phi) is 7.13. The van der Waals surface area contributed by atoms with Gasteiger partial charge in [0.1, 0.15) is 5.75 Å². The van der Waals surface area contributed by atoms with Gasteiger partial charge in [-0.05, 0) is 31.0 Å². The van der Waals surface area contributed by atoms with Gasteiger partial charge < -0.3 is 9.57 Å². The predicted octanol–water partition coefficient (Wildman–Crippen LogP) is 2.20. The van der Waals surface area contributed by atoms with Crippen molar-refractivity contribution in [3.63, 3.8) is 0 Å². The molecule has 0 bridgehead atoms. The molecule has 1 rings (SSSR count). The standard InChI is InChI=1S/C11H17NO2.ClH/c1-9(12-14-3)8-10-4-6-11(13-2)7-5-10;/h4-7,9,12H,8H2,1-3H3;1H. The average Bonchev–Trinajstić information content (AvgIpc) is 2.19. The molecule has 0 aromatic heterocycles. The van der Waals surface area contributed by atoms with Crippen molar-refractivity contribution in [1.29, 1.82) is 0 Å². The van der Waals surface area contributed by atoms with Gasteiger partial charge in [-0.2, -0.15) is 5.48 Å². The summed E-state index contributed by atoms with van der Waals surface area (Å²) in [5.74, 6) is 0.890. The number of rotatable bonds is 5. The molecule has 0 aliphatic heterocycles. The zero-order valence-corrected chi connectivity index (χ0v) is 10.1. The molecule has 0 saturated carbocycles. The van der Waals surface area contributed by atoms with E-state index in [1.54, 1.807) is 14.2 Å². The fourth-order valence-electron chi connectivity index (χ4n) is 1.36. The lowest BCUT2D eigenvalue weighted by molar-refractivity contribution is 0.0661. The van der Waals surface area contributed by atoms with E-state index in [4.69, 9.17) is 9.57 Å². The molecule has 0 fully saturated rings. The van der Waals surface area contributed by atoms with Crippen molar-refractivity contribution in [2.75, 3.05) is 14.2 Å². The molecule has 0 aliphatic carbocycles. The molecule has 86 valence electrons. The van der Waals surface area contributed by atoms with Gasteiger partial charge in [-0.1, -0.05) is 12.1 Å². The quantitative estimate of drug-likeness (QED) is 0.789. The third-order valence-corrected chi connectivity index (χ3v) is 2.02. The second-order valence-electron chi connectivity index (χ2n) is 3.28. The van der Waals surface area contributed by atoms with E-state index < -0.39 is 0 Å². The van der Waals surface area contributed by atoms with Gasteiger partial charge in [-0.15, -0.1) is 12.4 Å². The van der Waals surface area contributed by atoms with Crippen LogP contribution in [0.25, 0.3) is 0 Å². The van der Waals surface area contributed by atoms with Crippen LogP contribution in [0, 0.1) is 0 Å². The minimum absolute atomic E-state index is 0. The Hall–Kier alpha value is -0.770. The van der Waals surface area contributed by atoms with E-state index >= 15 is 0 Å². The summed E-state index contributed by atoms with van der Waals surface area (Å²) in [5.41, 5.74) is 4.16. The first-order valence-corrected chi connectivity index (χ1v) is 4.67. The third-order valence-electron chi connectivity index (χ3n) is 2.02. The van der Waals surface area contributed by atoms with E-state index in [9.17, 15) is 0 Å². The van der Waals surface area contributed by atoms with Crippen molar-refractivity contribution < 1.29 is 9.57 Å². The summed E-state index contributed by atoms with van der Waals surface area (Å²) >= 11 is 0. The van der Waals surface area contributed by atoms with Crippen LogP contribution in [-0.2, 0) is 11.3 Å². The summed E-state index contributed by atoms with van der Waals surface area (Å²) in [4.78, 5) is 4.85. The molecule has 0 saturated heterocycles. The average molecular weight is 232 g/mol. The second-order valence-corrected chi connectivity index (χ2v) is 3.28. The minimum atomic E-state index is 0. The predicted molar refractivity (Wildman–Crippen MR) is 63.6 cm³/mol.